The highest BCUT2D eigenvalue weighted by atomic mass is 19.1. The molecule has 2 unspecified atom stereocenters. The van der Waals surface area contributed by atoms with Crippen LogP contribution in [-0.2, 0) is 0 Å². The lowest BCUT2D eigenvalue weighted by atomic mass is 9.80. The van der Waals surface area contributed by atoms with Crippen LogP contribution in [-0.4, -0.2) is 16.5 Å². The zero-order chi connectivity index (χ0) is 13.2. The number of halogens is 1. The van der Waals surface area contributed by atoms with E-state index in [-0.39, 0.29) is 5.82 Å². The molecule has 19 heavy (non-hydrogen) atoms. The van der Waals surface area contributed by atoms with Crippen molar-refractivity contribution in [3.63, 3.8) is 0 Å². The van der Waals surface area contributed by atoms with Gasteiger partial charge < -0.3 is 10.3 Å². The number of rotatable bonds is 3. The fourth-order valence-corrected chi connectivity index (χ4v) is 2.99. The van der Waals surface area contributed by atoms with Gasteiger partial charge in [-0.05, 0) is 36.5 Å². The van der Waals surface area contributed by atoms with E-state index < -0.39 is 0 Å². The average molecular weight is 261 g/mol. The molecule has 0 aliphatic heterocycles. The smallest absolute Gasteiger partial charge is 0.201 e. The molecule has 0 bridgehead atoms. The summed E-state index contributed by atoms with van der Waals surface area (Å²) >= 11 is 0. The molecule has 3 rings (SSSR count). The van der Waals surface area contributed by atoms with Gasteiger partial charge in [0.1, 0.15) is 5.82 Å². The molecule has 2 N–H and O–H groups in total. The molecule has 1 fully saturated rings. The largest absolute Gasteiger partial charge is 0.356 e. The number of fused-ring (bicyclic) bond motifs is 1. The van der Waals surface area contributed by atoms with Gasteiger partial charge in [-0.2, -0.15) is 0 Å². The van der Waals surface area contributed by atoms with Gasteiger partial charge in [0.25, 0.3) is 0 Å². The highest BCUT2D eigenvalue weighted by molar-refractivity contribution is 5.77. The van der Waals surface area contributed by atoms with Crippen molar-refractivity contribution >= 4 is 17.0 Å². The Morgan fingerprint density at radius 1 is 1.37 bits per heavy atom. The summed E-state index contributed by atoms with van der Waals surface area (Å²) in [4.78, 5) is 7.56. The van der Waals surface area contributed by atoms with Crippen molar-refractivity contribution in [3.8, 4) is 0 Å². The van der Waals surface area contributed by atoms with Crippen LogP contribution in [0.4, 0.5) is 10.3 Å². The van der Waals surface area contributed by atoms with Crippen LogP contribution in [0.1, 0.15) is 32.6 Å². The number of nitrogens with zero attached hydrogens (tertiary/aromatic N) is 1. The molecule has 1 heterocycles. The Labute approximate surface area is 112 Å². The molecule has 3 nitrogen and oxygen atoms in total. The fourth-order valence-electron chi connectivity index (χ4n) is 2.99. The highest BCUT2D eigenvalue weighted by Gasteiger charge is 2.21. The van der Waals surface area contributed by atoms with Gasteiger partial charge in [-0.3, -0.25) is 0 Å². The molecular formula is C15H20FN3. The zero-order valence-corrected chi connectivity index (χ0v) is 11.2. The third-order valence-electron chi connectivity index (χ3n) is 4.26. The van der Waals surface area contributed by atoms with Crippen molar-refractivity contribution in [1.82, 2.24) is 9.97 Å². The maximum atomic E-state index is 13.1. The highest BCUT2D eigenvalue weighted by Crippen LogP contribution is 2.29. The van der Waals surface area contributed by atoms with Gasteiger partial charge in [0.2, 0.25) is 5.95 Å². The van der Waals surface area contributed by atoms with E-state index in [0.29, 0.717) is 0 Å². The molecule has 1 aliphatic rings. The number of aromatic nitrogens is 2. The summed E-state index contributed by atoms with van der Waals surface area (Å²) in [7, 11) is 0. The first kappa shape index (κ1) is 12.5. The Kier molecular flexibility index (Phi) is 3.40. The van der Waals surface area contributed by atoms with E-state index in [0.717, 1.165) is 35.4 Å². The number of nitrogens with one attached hydrogen (secondary N) is 2. The van der Waals surface area contributed by atoms with E-state index in [1.165, 1.54) is 37.8 Å². The van der Waals surface area contributed by atoms with Crippen LogP contribution in [0.2, 0.25) is 0 Å². The predicted molar refractivity (Wildman–Crippen MR) is 75.7 cm³/mol. The van der Waals surface area contributed by atoms with Crippen molar-refractivity contribution < 1.29 is 4.39 Å². The monoisotopic (exact) mass is 261 g/mol. The SMILES string of the molecule is CC1CCCCC1CNc1nc2ccc(F)cc2[nH]1. The number of H-pyrrole nitrogens is 1. The Hall–Kier alpha value is -1.58. The molecule has 1 aromatic carbocycles. The van der Waals surface area contributed by atoms with E-state index in [4.69, 9.17) is 0 Å². The molecule has 2 aromatic rings. The van der Waals surface area contributed by atoms with Gasteiger partial charge in [-0.15, -0.1) is 0 Å². The lowest BCUT2D eigenvalue weighted by molar-refractivity contribution is 0.268. The summed E-state index contributed by atoms with van der Waals surface area (Å²) in [6.07, 6.45) is 5.32. The van der Waals surface area contributed by atoms with Crippen molar-refractivity contribution in [2.24, 2.45) is 11.8 Å². The first-order chi connectivity index (χ1) is 9.22. The van der Waals surface area contributed by atoms with Crippen LogP contribution in [0.25, 0.3) is 11.0 Å². The zero-order valence-electron chi connectivity index (χ0n) is 11.2. The molecule has 4 heteroatoms. The van der Waals surface area contributed by atoms with Gasteiger partial charge >= 0.3 is 0 Å². The maximum Gasteiger partial charge on any atom is 0.201 e. The molecule has 1 aliphatic carbocycles. The van der Waals surface area contributed by atoms with Crippen LogP contribution in [0.15, 0.2) is 18.2 Å². The number of aromatic amines is 1. The molecule has 1 saturated carbocycles. The van der Waals surface area contributed by atoms with Crippen molar-refractivity contribution in [3.05, 3.63) is 24.0 Å². The first-order valence-corrected chi connectivity index (χ1v) is 7.11. The lowest BCUT2D eigenvalue weighted by Gasteiger charge is -2.28. The molecular weight excluding hydrogens is 241 g/mol. The molecule has 0 saturated heterocycles. The fraction of sp³-hybridized carbons (Fsp3) is 0.533. The van der Waals surface area contributed by atoms with Crippen LogP contribution < -0.4 is 5.32 Å². The van der Waals surface area contributed by atoms with E-state index in [1.807, 2.05) is 0 Å². The summed E-state index contributed by atoms with van der Waals surface area (Å²) in [5.74, 6) is 2.02. The van der Waals surface area contributed by atoms with E-state index >= 15 is 0 Å². The van der Waals surface area contributed by atoms with Crippen molar-refractivity contribution in [1.29, 1.82) is 0 Å². The third-order valence-corrected chi connectivity index (χ3v) is 4.26. The normalized spacial score (nSPS) is 23.7. The Balaban J connectivity index is 1.68. The molecule has 0 radical (unpaired) electrons. The second-order valence-corrected chi connectivity index (χ2v) is 5.65. The number of benzene rings is 1. The van der Waals surface area contributed by atoms with Gasteiger partial charge in [-0.1, -0.05) is 26.2 Å². The summed E-state index contributed by atoms with van der Waals surface area (Å²) < 4.78 is 13.1. The van der Waals surface area contributed by atoms with E-state index in [9.17, 15) is 4.39 Å². The summed E-state index contributed by atoms with van der Waals surface area (Å²) in [6, 6.07) is 4.63. The van der Waals surface area contributed by atoms with Crippen LogP contribution in [0.5, 0.6) is 0 Å². The number of hydrogen-bond acceptors (Lipinski definition) is 2. The predicted octanol–water partition coefficient (Wildman–Crippen LogP) is 3.94. The average Bonchev–Trinajstić information content (AvgIpc) is 2.79. The van der Waals surface area contributed by atoms with Crippen LogP contribution in [0.3, 0.4) is 0 Å². The Bertz CT molecular complexity index is 564. The maximum absolute atomic E-state index is 13.1. The second kappa shape index (κ2) is 5.19. The third kappa shape index (κ3) is 2.72. The van der Waals surface area contributed by atoms with Crippen molar-refractivity contribution in [2.45, 2.75) is 32.6 Å². The summed E-state index contributed by atoms with van der Waals surface area (Å²) in [5.41, 5.74) is 1.56. The van der Waals surface area contributed by atoms with Crippen LogP contribution >= 0.6 is 0 Å². The number of hydrogen-bond donors (Lipinski definition) is 2. The molecule has 0 amide bonds. The second-order valence-electron chi connectivity index (χ2n) is 5.65. The molecule has 102 valence electrons. The number of imidazole rings is 1. The summed E-state index contributed by atoms with van der Waals surface area (Å²) in [6.45, 7) is 3.28. The standard InChI is InChI=1S/C15H20FN3/c1-10-4-2-3-5-11(10)9-17-15-18-13-7-6-12(16)8-14(13)19-15/h6-8,10-11H,2-5,9H2,1H3,(H2,17,18,19). The van der Waals surface area contributed by atoms with Gasteiger partial charge in [-0.25, -0.2) is 9.37 Å². The number of anilines is 1. The molecule has 2 atom stereocenters. The Morgan fingerprint density at radius 2 is 2.21 bits per heavy atom. The quantitative estimate of drug-likeness (QED) is 0.878. The summed E-state index contributed by atoms with van der Waals surface area (Å²) in [5, 5.41) is 3.36. The van der Waals surface area contributed by atoms with E-state index in [2.05, 4.69) is 22.2 Å². The topological polar surface area (TPSA) is 40.7 Å². The minimum Gasteiger partial charge on any atom is -0.356 e. The Morgan fingerprint density at radius 3 is 3.05 bits per heavy atom. The van der Waals surface area contributed by atoms with E-state index in [1.54, 1.807) is 6.07 Å². The minimum atomic E-state index is -0.233. The van der Waals surface area contributed by atoms with Crippen LogP contribution in [0, 0.1) is 17.7 Å². The molecule has 1 aromatic heterocycles. The lowest BCUT2D eigenvalue weighted by Crippen LogP contribution is -2.24. The molecule has 0 spiro atoms. The van der Waals surface area contributed by atoms with Crippen molar-refractivity contribution in [2.75, 3.05) is 11.9 Å². The van der Waals surface area contributed by atoms with Gasteiger partial charge in [0, 0.05) is 6.54 Å². The minimum absolute atomic E-state index is 0.233. The van der Waals surface area contributed by atoms with Gasteiger partial charge in [0.05, 0.1) is 11.0 Å². The first-order valence-electron chi connectivity index (χ1n) is 7.11. The van der Waals surface area contributed by atoms with Gasteiger partial charge in [0.15, 0.2) is 0 Å².